The van der Waals surface area contributed by atoms with Gasteiger partial charge in [0, 0.05) is 18.1 Å². The van der Waals surface area contributed by atoms with Crippen LogP contribution >= 0.6 is 0 Å². The van der Waals surface area contributed by atoms with E-state index in [0.29, 0.717) is 12.4 Å². The maximum atomic E-state index is 8.85. The maximum absolute atomic E-state index is 8.85. The number of hydrogen-bond donors (Lipinski definition) is 2. The SMILES string of the molecule is CCc1occc1-c1cc(N)n(CCO)n1. The highest BCUT2D eigenvalue weighted by Gasteiger charge is 2.12. The number of aliphatic hydroxyl groups is 1. The van der Waals surface area contributed by atoms with Gasteiger partial charge in [-0.15, -0.1) is 0 Å². The Labute approximate surface area is 93.5 Å². The Morgan fingerprint density at radius 2 is 2.38 bits per heavy atom. The van der Waals surface area contributed by atoms with Crippen molar-refractivity contribution in [2.45, 2.75) is 19.9 Å². The topological polar surface area (TPSA) is 77.2 Å². The molecule has 0 saturated carbocycles. The minimum Gasteiger partial charge on any atom is -0.469 e. The molecule has 0 radical (unpaired) electrons. The number of rotatable bonds is 4. The van der Waals surface area contributed by atoms with Crippen LogP contribution in [0.5, 0.6) is 0 Å². The van der Waals surface area contributed by atoms with E-state index >= 15 is 0 Å². The summed E-state index contributed by atoms with van der Waals surface area (Å²) in [5, 5.41) is 13.2. The molecular weight excluding hydrogens is 206 g/mol. The molecule has 0 amide bonds. The van der Waals surface area contributed by atoms with Gasteiger partial charge in [-0.05, 0) is 6.07 Å². The lowest BCUT2D eigenvalue weighted by Gasteiger charge is -1.99. The van der Waals surface area contributed by atoms with Gasteiger partial charge in [-0.3, -0.25) is 0 Å². The van der Waals surface area contributed by atoms with Crippen LogP contribution in [0.1, 0.15) is 12.7 Å². The molecule has 0 unspecified atom stereocenters. The molecule has 0 spiro atoms. The molecule has 0 aliphatic carbocycles. The second-order valence-electron chi connectivity index (χ2n) is 3.51. The van der Waals surface area contributed by atoms with Gasteiger partial charge in [0.15, 0.2) is 0 Å². The molecule has 5 nitrogen and oxygen atoms in total. The smallest absolute Gasteiger partial charge is 0.122 e. The molecule has 0 bridgehead atoms. The summed E-state index contributed by atoms with van der Waals surface area (Å²) in [6.07, 6.45) is 2.46. The number of nitrogens with zero attached hydrogens (tertiary/aromatic N) is 2. The first-order valence-electron chi connectivity index (χ1n) is 5.27. The number of aromatic nitrogens is 2. The monoisotopic (exact) mass is 221 g/mol. The van der Waals surface area contributed by atoms with Crippen molar-refractivity contribution in [3.8, 4) is 11.3 Å². The molecule has 0 aliphatic heterocycles. The Hall–Kier alpha value is -1.75. The van der Waals surface area contributed by atoms with E-state index in [2.05, 4.69) is 5.10 Å². The van der Waals surface area contributed by atoms with E-state index in [0.717, 1.165) is 23.4 Å². The normalized spacial score (nSPS) is 10.9. The van der Waals surface area contributed by atoms with E-state index in [4.69, 9.17) is 15.3 Å². The van der Waals surface area contributed by atoms with Crippen molar-refractivity contribution in [1.82, 2.24) is 9.78 Å². The van der Waals surface area contributed by atoms with Crippen LogP contribution in [0.3, 0.4) is 0 Å². The molecule has 0 aromatic carbocycles. The molecule has 2 aromatic rings. The van der Waals surface area contributed by atoms with Gasteiger partial charge < -0.3 is 15.3 Å². The number of aryl methyl sites for hydroxylation is 1. The molecule has 5 heteroatoms. The maximum Gasteiger partial charge on any atom is 0.122 e. The average Bonchev–Trinajstić information content (AvgIpc) is 2.86. The molecule has 0 aliphatic rings. The van der Waals surface area contributed by atoms with Crippen molar-refractivity contribution in [1.29, 1.82) is 0 Å². The van der Waals surface area contributed by atoms with Gasteiger partial charge in [-0.25, -0.2) is 4.68 Å². The molecule has 0 fully saturated rings. The molecule has 0 atom stereocenters. The highest BCUT2D eigenvalue weighted by atomic mass is 16.3. The summed E-state index contributed by atoms with van der Waals surface area (Å²) < 4.78 is 6.92. The third kappa shape index (κ3) is 1.81. The summed E-state index contributed by atoms with van der Waals surface area (Å²) in [4.78, 5) is 0. The number of nitrogens with two attached hydrogens (primary N) is 1. The zero-order valence-electron chi connectivity index (χ0n) is 9.18. The van der Waals surface area contributed by atoms with Gasteiger partial charge in [-0.1, -0.05) is 6.92 Å². The van der Waals surface area contributed by atoms with Crippen molar-refractivity contribution in [2.24, 2.45) is 0 Å². The summed E-state index contributed by atoms with van der Waals surface area (Å²) in [5.74, 6) is 1.45. The van der Waals surface area contributed by atoms with Crippen LogP contribution in [0.25, 0.3) is 11.3 Å². The van der Waals surface area contributed by atoms with E-state index in [9.17, 15) is 0 Å². The molecule has 16 heavy (non-hydrogen) atoms. The van der Waals surface area contributed by atoms with Gasteiger partial charge in [0.25, 0.3) is 0 Å². The third-order valence-corrected chi connectivity index (χ3v) is 2.47. The number of anilines is 1. The lowest BCUT2D eigenvalue weighted by Crippen LogP contribution is -2.07. The first-order valence-corrected chi connectivity index (χ1v) is 5.27. The summed E-state index contributed by atoms with van der Waals surface area (Å²) >= 11 is 0. The van der Waals surface area contributed by atoms with Crippen LogP contribution in [0, 0.1) is 0 Å². The molecule has 3 N–H and O–H groups in total. The van der Waals surface area contributed by atoms with E-state index in [1.165, 1.54) is 0 Å². The Bertz CT molecular complexity index is 473. The second-order valence-corrected chi connectivity index (χ2v) is 3.51. The zero-order valence-corrected chi connectivity index (χ0v) is 9.18. The summed E-state index contributed by atoms with van der Waals surface area (Å²) in [5.41, 5.74) is 7.54. The Morgan fingerprint density at radius 3 is 3.06 bits per heavy atom. The quantitative estimate of drug-likeness (QED) is 0.815. The van der Waals surface area contributed by atoms with Gasteiger partial charge in [0.1, 0.15) is 11.6 Å². The largest absolute Gasteiger partial charge is 0.469 e. The lowest BCUT2D eigenvalue weighted by molar-refractivity contribution is 0.270. The molecule has 86 valence electrons. The Morgan fingerprint density at radius 1 is 1.56 bits per heavy atom. The van der Waals surface area contributed by atoms with E-state index in [-0.39, 0.29) is 6.61 Å². The van der Waals surface area contributed by atoms with Crippen molar-refractivity contribution < 1.29 is 9.52 Å². The first-order chi connectivity index (χ1) is 7.76. The first kappa shape index (κ1) is 10.8. The van der Waals surface area contributed by atoms with Crippen LogP contribution < -0.4 is 5.73 Å². The summed E-state index contributed by atoms with van der Waals surface area (Å²) in [6.45, 7) is 2.46. The lowest BCUT2D eigenvalue weighted by atomic mass is 10.1. The van der Waals surface area contributed by atoms with E-state index < -0.39 is 0 Å². The van der Waals surface area contributed by atoms with Crippen molar-refractivity contribution >= 4 is 5.82 Å². The number of furan rings is 1. The van der Waals surface area contributed by atoms with E-state index in [1.807, 2.05) is 13.0 Å². The Balaban J connectivity index is 2.37. The highest BCUT2D eigenvalue weighted by molar-refractivity contribution is 5.64. The van der Waals surface area contributed by atoms with Crippen LogP contribution in [0.4, 0.5) is 5.82 Å². The number of hydrogen-bond acceptors (Lipinski definition) is 4. The molecule has 2 heterocycles. The van der Waals surface area contributed by atoms with Gasteiger partial charge in [0.05, 0.1) is 25.1 Å². The molecule has 2 rings (SSSR count). The van der Waals surface area contributed by atoms with Gasteiger partial charge >= 0.3 is 0 Å². The highest BCUT2D eigenvalue weighted by Crippen LogP contribution is 2.25. The van der Waals surface area contributed by atoms with Crippen molar-refractivity contribution in [3.63, 3.8) is 0 Å². The minimum absolute atomic E-state index is 0.0251. The summed E-state index contributed by atoms with van der Waals surface area (Å²) in [6, 6.07) is 3.67. The summed E-state index contributed by atoms with van der Waals surface area (Å²) in [7, 11) is 0. The minimum atomic E-state index is 0.0251. The van der Waals surface area contributed by atoms with Crippen LogP contribution in [-0.2, 0) is 13.0 Å². The number of nitrogen functional groups attached to an aromatic ring is 1. The fourth-order valence-electron chi connectivity index (χ4n) is 1.68. The van der Waals surface area contributed by atoms with Gasteiger partial charge in [-0.2, -0.15) is 5.10 Å². The predicted octanol–water partition coefficient (Wildman–Crippen LogP) is 1.28. The average molecular weight is 221 g/mol. The van der Waals surface area contributed by atoms with E-state index in [1.54, 1.807) is 17.0 Å². The molecule has 0 saturated heterocycles. The predicted molar refractivity (Wildman–Crippen MR) is 60.8 cm³/mol. The van der Waals surface area contributed by atoms with Crippen LogP contribution in [0.15, 0.2) is 22.8 Å². The standard InChI is InChI=1S/C11H15N3O2/c1-2-10-8(3-6-16-10)9-7-11(12)14(13-9)4-5-15/h3,6-7,15H,2,4-5,12H2,1H3. The van der Waals surface area contributed by atoms with Crippen molar-refractivity contribution in [2.75, 3.05) is 12.3 Å². The fraction of sp³-hybridized carbons (Fsp3) is 0.364. The van der Waals surface area contributed by atoms with Gasteiger partial charge in [0.2, 0.25) is 0 Å². The third-order valence-electron chi connectivity index (χ3n) is 2.47. The fourth-order valence-corrected chi connectivity index (χ4v) is 1.68. The van der Waals surface area contributed by atoms with Crippen LogP contribution in [-0.4, -0.2) is 21.5 Å². The molecule has 2 aromatic heterocycles. The van der Waals surface area contributed by atoms with Crippen molar-refractivity contribution in [3.05, 3.63) is 24.2 Å². The molecular formula is C11H15N3O2. The number of aliphatic hydroxyl groups excluding tert-OH is 1. The Kier molecular flexibility index (Phi) is 2.96. The second kappa shape index (κ2) is 4.40. The van der Waals surface area contributed by atoms with Crippen LogP contribution in [0.2, 0.25) is 0 Å². The zero-order chi connectivity index (χ0) is 11.5.